The minimum Gasteiger partial charge on any atom is -0.395 e. The highest BCUT2D eigenvalue weighted by atomic mass is 32.2. The second-order valence-electron chi connectivity index (χ2n) is 3.04. The zero-order chi connectivity index (χ0) is 10.6. The van der Waals surface area contributed by atoms with Crippen molar-refractivity contribution in [2.24, 2.45) is 0 Å². The number of carbonyl (C=O) groups is 1. The summed E-state index contributed by atoms with van der Waals surface area (Å²) in [6.07, 6.45) is 0.185. The first kappa shape index (κ1) is 11.4. The van der Waals surface area contributed by atoms with Crippen LogP contribution in [0.2, 0.25) is 0 Å². The van der Waals surface area contributed by atoms with E-state index in [9.17, 15) is 13.2 Å². The molecule has 0 aliphatic carbocycles. The second-order valence-corrected chi connectivity index (χ2v) is 5.13. The Morgan fingerprint density at radius 1 is 1.43 bits per heavy atom. The van der Waals surface area contributed by atoms with Crippen LogP contribution in [0.15, 0.2) is 0 Å². The molecular formula is C7H14N2O4S. The summed E-state index contributed by atoms with van der Waals surface area (Å²) in [6, 6.07) is 0. The molecule has 7 heteroatoms. The van der Waals surface area contributed by atoms with Crippen LogP contribution in [0, 0.1) is 0 Å². The molecule has 82 valence electrons. The van der Waals surface area contributed by atoms with Crippen molar-refractivity contribution in [2.45, 2.75) is 6.42 Å². The number of nitrogens with one attached hydrogen (secondary N) is 1. The Hall–Kier alpha value is -0.660. The third kappa shape index (κ3) is 2.93. The fourth-order valence-corrected chi connectivity index (χ4v) is 2.50. The largest absolute Gasteiger partial charge is 0.395 e. The Kier molecular flexibility index (Phi) is 3.85. The van der Waals surface area contributed by atoms with E-state index in [0.29, 0.717) is 6.54 Å². The molecule has 0 aromatic heterocycles. The molecule has 1 amide bonds. The fraction of sp³-hybridized carbons (Fsp3) is 0.857. The molecule has 2 N–H and O–H groups in total. The summed E-state index contributed by atoms with van der Waals surface area (Å²) < 4.78 is 24.2. The molecule has 0 unspecified atom stereocenters. The molecule has 0 saturated carbocycles. The number of aliphatic hydroxyl groups is 1. The van der Waals surface area contributed by atoms with Gasteiger partial charge in [-0.05, 0) is 0 Å². The normalized spacial score (nSPS) is 20.2. The van der Waals surface area contributed by atoms with Gasteiger partial charge in [-0.3, -0.25) is 4.79 Å². The van der Waals surface area contributed by atoms with Crippen LogP contribution in [0.3, 0.4) is 0 Å². The number of sulfonamides is 1. The first-order valence-electron chi connectivity index (χ1n) is 4.41. The van der Waals surface area contributed by atoms with Crippen LogP contribution in [-0.2, 0) is 14.8 Å². The van der Waals surface area contributed by atoms with Crippen molar-refractivity contribution in [3.8, 4) is 0 Å². The number of hydrogen-bond donors (Lipinski definition) is 2. The maximum absolute atomic E-state index is 11.5. The van der Waals surface area contributed by atoms with E-state index in [4.69, 9.17) is 5.11 Å². The Morgan fingerprint density at radius 3 is 2.79 bits per heavy atom. The lowest BCUT2D eigenvalue weighted by atomic mass is 10.4. The van der Waals surface area contributed by atoms with Gasteiger partial charge in [0.2, 0.25) is 15.9 Å². The van der Waals surface area contributed by atoms with E-state index in [1.165, 1.54) is 4.31 Å². The number of rotatable bonds is 3. The van der Waals surface area contributed by atoms with Gasteiger partial charge in [-0.15, -0.1) is 0 Å². The molecule has 0 radical (unpaired) electrons. The second kappa shape index (κ2) is 4.72. The topological polar surface area (TPSA) is 86.7 Å². The molecule has 1 fully saturated rings. The van der Waals surface area contributed by atoms with Gasteiger partial charge in [0.05, 0.1) is 12.4 Å². The van der Waals surface area contributed by atoms with Crippen LogP contribution in [0.25, 0.3) is 0 Å². The summed E-state index contributed by atoms with van der Waals surface area (Å²) in [5, 5.41) is 11.1. The molecule has 14 heavy (non-hydrogen) atoms. The van der Waals surface area contributed by atoms with Crippen LogP contribution in [0.1, 0.15) is 6.42 Å². The van der Waals surface area contributed by atoms with Crippen molar-refractivity contribution in [1.29, 1.82) is 0 Å². The number of hydrogen-bond acceptors (Lipinski definition) is 4. The molecule has 0 atom stereocenters. The van der Waals surface area contributed by atoms with E-state index >= 15 is 0 Å². The Balaban J connectivity index is 2.63. The van der Waals surface area contributed by atoms with Gasteiger partial charge < -0.3 is 10.4 Å². The van der Waals surface area contributed by atoms with Gasteiger partial charge in [0.25, 0.3) is 0 Å². The summed E-state index contributed by atoms with van der Waals surface area (Å²) in [4.78, 5) is 10.9. The molecular weight excluding hydrogens is 208 g/mol. The van der Waals surface area contributed by atoms with E-state index in [1.54, 1.807) is 0 Å². The van der Waals surface area contributed by atoms with Crippen molar-refractivity contribution < 1.29 is 18.3 Å². The van der Waals surface area contributed by atoms with Gasteiger partial charge in [0, 0.05) is 26.1 Å². The summed E-state index contributed by atoms with van der Waals surface area (Å²) >= 11 is 0. The van der Waals surface area contributed by atoms with Gasteiger partial charge in [0.15, 0.2) is 0 Å². The van der Waals surface area contributed by atoms with Crippen LogP contribution in [0.4, 0.5) is 0 Å². The molecule has 1 aliphatic rings. The molecule has 1 heterocycles. The van der Waals surface area contributed by atoms with Gasteiger partial charge in [-0.2, -0.15) is 4.31 Å². The van der Waals surface area contributed by atoms with Crippen molar-refractivity contribution in [3.05, 3.63) is 0 Å². The zero-order valence-electron chi connectivity index (χ0n) is 7.77. The Labute approximate surface area is 82.9 Å². The smallest absolute Gasteiger partial charge is 0.221 e. The lowest BCUT2D eigenvalue weighted by Crippen LogP contribution is -2.36. The minimum atomic E-state index is -3.39. The summed E-state index contributed by atoms with van der Waals surface area (Å²) in [6.45, 7) is 0.436. The predicted molar refractivity (Wildman–Crippen MR) is 50.1 cm³/mol. The molecule has 1 saturated heterocycles. The molecule has 0 aromatic rings. The first-order chi connectivity index (χ1) is 6.56. The van der Waals surface area contributed by atoms with Crippen molar-refractivity contribution in [3.63, 3.8) is 0 Å². The number of amides is 1. The van der Waals surface area contributed by atoms with Crippen LogP contribution < -0.4 is 5.32 Å². The van der Waals surface area contributed by atoms with Gasteiger partial charge >= 0.3 is 0 Å². The highest BCUT2D eigenvalue weighted by Gasteiger charge is 2.23. The average molecular weight is 222 g/mol. The van der Waals surface area contributed by atoms with Crippen LogP contribution >= 0.6 is 0 Å². The van der Waals surface area contributed by atoms with E-state index < -0.39 is 10.0 Å². The standard InChI is InChI=1S/C7H14N2O4S/c10-5-6-14(12,13)9-3-1-7(11)8-2-4-9/h10H,1-6H2,(H,8,11). The minimum absolute atomic E-state index is 0.133. The summed E-state index contributed by atoms with van der Waals surface area (Å²) in [7, 11) is -3.39. The molecule has 0 aromatic carbocycles. The van der Waals surface area contributed by atoms with Gasteiger partial charge in [-0.25, -0.2) is 8.42 Å². The number of aliphatic hydroxyl groups excluding tert-OH is 1. The lowest BCUT2D eigenvalue weighted by molar-refractivity contribution is -0.120. The van der Waals surface area contributed by atoms with Crippen LogP contribution in [-0.4, -0.2) is 55.7 Å². The zero-order valence-corrected chi connectivity index (χ0v) is 8.59. The maximum atomic E-state index is 11.5. The molecule has 1 rings (SSSR count). The van der Waals surface area contributed by atoms with Gasteiger partial charge in [-0.1, -0.05) is 0 Å². The third-order valence-electron chi connectivity index (χ3n) is 2.01. The van der Waals surface area contributed by atoms with Gasteiger partial charge in [0.1, 0.15) is 0 Å². The fourth-order valence-electron chi connectivity index (χ4n) is 1.27. The van der Waals surface area contributed by atoms with E-state index in [0.717, 1.165) is 0 Å². The van der Waals surface area contributed by atoms with Crippen LogP contribution in [0.5, 0.6) is 0 Å². The molecule has 0 spiro atoms. The number of nitrogens with zero attached hydrogens (tertiary/aromatic N) is 1. The molecule has 6 nitrogen and oxygen atoms in total. The summed E-state index contributed by atoms with van der Waals surface area (Å²) in [5.41, 5.74) is 0. The third-order valence-corrected chi connectivity index (χ3v) is 3.86. The van der Waals surface area contributed by atoms with Crippen molar-refractivity contribution in [2.75, 3.05) is 32.0 Å². The molecule has 0 bridgehead atoms. The monoisotopic (exact) mass is 222 g/mol. The predicted octanol–water partition coefficient (Wildman–Crippen LogP) is -1.87. The van der Waals surface area contributed by atoms with E-state index in [1.807, 2.05) is 0 Å². The quantitative estimate of drug-likeness (QED) is 0.585. The maximum Gasteiger partial charge on any atom is 0.221 e. The highest BCUT2D eigenvalue weighted by molar-refractivity contribution is 7.89. The molecule has 1 aliphatic heterocycles. The Morgan fingerprint density at radius 2 is 2.14 bits per heavy atom. The van der Waals surface area contributed by atoms with E-state index in [2.05, 4.69) is 5.32 Å². The average Bonchev–Trinajstić information content (AvgIpc) is 2.30. The SMILES string of the molecule is O=C1CCN(S(=O)(=O)CCO)CCN1. The van der Waals surface area contributed by atoms with Crippen molar-refractivity contribution in [1.82, 2.24) is 9.62 Å². The Bertz CT molecular complexity index is 301. The highest BCUT2D eigenvalue weighted by Crippen LogP contribution is 2.04. The first-order valence-corrected chi connectivity index (χ1v) is 6.02. The summed E-state index contributed by atoms with van der Waals surface area (Å²) in [5.74, 6) is -0.409. The van der Waals surface area contributed by atoms with Crippen molar-refractivity contribution >= 4 is 15.9 Å². The number of carbonyl (C=O) groups excluding carboxylic acids is 1. The lowest BCUT2D eigenvalue weighted by Gasteiger charge is -2.18. The van der Waals surface area contributed by atoms with E-state index in [-0.39, 0.29) is 37.8 Å².